The molecule has 0 N–H and O–H groups in total. The smallest absolute Gasteiger partial charge is 0.0152 e. The molecule has 0 nitrogen and oxygen atoms in total. The quantitative estimate of drug-likeness (QED) is 0.569. The normalized spacial score (nSPS) is 12.8. The van der Waals surface area contributed by atoms with E-state index in [4.69, 9.17) is 0 Å². The van der Waals surface area contributed by atoms with E-state index in [0.717, 1.165) is 22.3 Å². The van der Waals surface area contributed by atoms with Gasteiger partial charge in [-0.3, -0.25) is 0 Å². The molecule has 0 unspecified atom stereocenters. The third kappa shape index (κ3) is 4.24. The molecule has 104 valence electrons. The Kier molecular flexibility index (Phi) is 5.99. The van der Waals surface area contributed by atoms with Crippen LogP contribution in [0.2, 0.25) is 0 Å². The summed E-state index contributed by atoms with van der Waals surface area (Å²) in [6.45, 7) is 16.5. The number of benzene rings is 1. The Morgan fingerprint density at radius 2 is 1.75 bits per heavy atom. The first-order valence-corrected chi connectivity index (χ1v) is 6.89. The minimum absolute atomic E-state index is 1.02. The fourth-order valence-electron chi connectivity index (χ4n) is 1.94. The van der Waals surface area contributed by atoms with Crippen molar-refractivity contribution in [1.82, 2.24) is 0 Å². The van der Waals surface area contributed by atoms with E-state index in [-0.39, 0.29) is 0 Å². The van der Waals surface area contributed by atoms with Crippen molar-refractivity contribution >= 4 is 5.57 Å². The molecule has 0 atom stereocenters. The molecule has 0 aliphatic heterocycles. The maximum Gasteiger partial charge on any atom is -0.0152 e. The highest BCUT2D eigenvalue weighted by Crippen LogP contribution is 2.27. The molecule has 1 aromatic carbocycles. The predicted octanol–water partition coefficient (Wildman–Crippen LogP) is 6.03. The summed E-state index contributed by atoms with van der Waals surface area (Å²) in [7, 11) is 0. The SMILES string of the molecule is C=C(C)/C(=C/C(=C)/C(C)=C/C=C\C)c1ccccc1C. The van der Waals surface area contributed by atoms with Crippen molar-refractivity contribution in [3.8, 4) is 0 Å². The van der Waals surface area contributed by atoms with Gasteiger partial charge in [0, 0.05) is 0 Å². The first-order valence-electron chi connectivity index (χ1n) is 6.89. The van der Waals surface area contributed by atoms with Crippen LogP contribution in [0.5, 0.6) is 0 Å². The second-order valence-electron chi connectivity index (χ2n) is 5.05. The minimum Gasteiger partial charge on any atom is -0.0955 e. The van der Waals surface area contributed by atoms with Crippen molar-refractivity contribution < 1.29 is 0 Å². The molecule has 0 fully saturated rings. The largest absolute Gasteiger partial charge is 0.0955 e. The van der Waals surface area contributed by atoms with E-state index in [1.165, 1.54) is 11.1 Å². The van der Waals surface area contributed by atoms with E-state index in [1.54, 1.807) is 0 Å². The second-order valence-corrected chi connectivity index (χ2v) is 5.05. The van der Waals surface area contributed by atoms with Crippen molar-refractivity contribution in [1.29, 1.82) is 0 Å². The van der Waals surface area contributed by atoms with E-state index in [0.29, 0.717) is 0 Å². The third-order valence-electron chi connectivity index (χ3n) is 3.26. The number of rotatable bonds is 5. The molecule has 0 heteroatoms. The van der Waals surface area contributed by atoms with Gasteiger partial charge in [-0.2, -0.15) is 0 Å². The van der Waals surface area contributed by atoms with Gasteiger partial charge in [0.25, 0.3) is 0 Å². The molecule has 1 rings (SSSR count). The zero-order valence-corrected chi connectivity index (χ0v) is 13.0. The van der Waals surface area contributed by atoms with Gasteiger partial charge in [0.15, 0.2) is 0 Å². The van der Waals surface area contributed by atoms with E-state index in [1.807, 2.05) is 26.0 Å². The number of hydrogen-bond acceptors (Lipinski definition) is 0. The Morgan fingerprint density at radius 1 is 1.10 bits per heavy atom. The van der Waals surface area contributed by atoms with E-state index < -0.39 is 0 Å². The van der Waals surface area contributed by atoms with E-state index in [2.05, 4.69) is 63.4 Å². The fourth-order valence-corrected chi connectivity index (χ4v) is 1.94. The Morgan fingerprint density at radius 3 is 2.30 bits per heavy atom. The van der Waals surface area contributed by atoms with Crippen LogP contribution in [-0.2, 0) is 0 Å². The van der Waals surface area contributed by atoms with Crippen LogP contribution in [0.4, 0.5) is 0 Å². The molecular formula is C20H24. The molecular weight excluding hydrogens is 240 g/mol. The van der Waals surface area contributed by atoms with Gasteiger partial charge in [-0.1, -0.05) is 61.2 Å². The maximum absolute atomic E-state index is 4.17. The highest BCUT2D eigenvalue weighted by Gasteiger charge is 2.06. The van der Waals surface area contributed by atoms with Gasteiger partial charge in [0.1, 0.15) is 0 Å². The summed E-state index contributed by atoms with van der Waals surface area (Å²) < 4.78 is 0. The zero-order chi connectivity index (χ0) is 15.1. The van der Waals surface area contributed by atoms with Crippen LogP contribution in [-0.4, -0.2) is 0 Å². The summed E-state index contributed by atoms with van der Waals surface area (Å²) in [5.74, 6) is 0. The van der Waals surface area contributed by atoms with Crippen molar-refractivity contribution in [2.45, 2.75) is 27.7 Å². The summed E-state index contributed by atoms with van der Waals surface area (Å²) in [6, 6.07) is 8.37. The Hall–Kier alpha value is -2.08. The van der Waals surface area contributed by atoms with Gasteiger partial charge in [-0.05, 0) is 61.6 Å². The van der Waals surface area contributed by atoms with Gasteiger partial charge in [-0.15, -0.1) is 0 Å². The predicted molar refractivity (Wildman–Crippen MR) is 91.7 cm³/mol. The summed E-state index contributed by atoms with van der Waals surface area (Å²) in [6.07, 6.45) is 8.25. The molecule has 0 bridgehead atoms. The molecule has 20 heavy (non-hydrogen) atoms. The topological polar surface area (TPSA) is 0 Å². The molecule has 0 aromatic heterocycles. The molecule has 0 aliphatic rings. The number of hydrogen-bond donors (Lipinski definition) is 0. The number of allylic oxidation sites excluding steroid dienone is 8. The summed E-state index contributed by atoms with van der Waals surface area (Å²) in [5, 5.41) is 0. The molecule has 0 heterocycles. The highest BCUT2D eigenvalue weighted by molar-refractivity contribution is 5.81. The Labute approximate surface area is 123 Å². The van der Waals surface area contributed by atoms with Crippen LogP contribution in [0.1, 0.15) is 31.9 Å². The standard InChI is InChI=1S/C20H24/c1-7-8-11-16(4)18(6)14-20(15(2)3)19-13-10-9-12-17(19)5/h7-14H,2,6H2,1,3-5H3/b8-7-,16-11+,20-14-. The van der Waals surface area contributed by atoms with Crippen molar-refractivity contribution in [2.75, 3.05) is 0 Å². The summed E-state index contributed by atoms with van der Waals surface area (Å²) >= 11 is 0. The van der Waals surface area contributed by atoms with Crippen LogP contribution in [0, 0.1) is 6.92 Å². The zero-order valence-electron chi connectivity index (χ0n) is 13.0. The van der Waals surface area contributed by atoms with Gasteiger partial charge in [0.05, 0.1) is 0 Å². The third-order valence-corrected chi connectivity index (χ3v) is 3.26. The molecule has 0 saturated heterocycles. The lowest BCUT2D eigenvalue weighted by molar-refractivity contribution is 1.38. The molecule has 0 radical (unpaired) electrons. The van der Waals surface area contributed by atoms with Crippen LogP contribution in [0.3, 0.4) is 0 Å². The van der Waals surface area contributed by atoms with Gasteiger partial charge < -0.3 is 0 Å². The summed E-state index contributed by atoms with van der Waals surface area (Å²) in [4.78, 5) is 0. The van der Waals surface area contributed by atoms with Crippen LogP contribution in [0.15, 0.2) is 78.4 Å². The lowest BCUT2D eigenvalue weighted by Gasteiger charge is -2.12. The average molecular weight is 264 g/mol. The van der Waals surface area contributed by atoms with Crippen molar-refractivity contribution in [3.05, 3.63) is 89.6 Å². The molecule has 1 aromatic rings. The fraction of sp³-hybridized carbons (Fsp3) is 0.200. The Balaban J connectivity index is 3.22. The minimum atomic E-state index is 1.02. The lowest BCUT2D eigenvalue weighted by atomic mass is 9.93. The van der Waals surface area contributed by atoms with Gasteiger partial charge in [-0.25, -0.2) is 0 Å². The monoisotopic (exact) mass is 264 g/mol. The van der Waals surface area contributed by atoms with Gasteiger partial charge >= 0.3 is 0 Å². The molecule has 0 amide bonds. The Bertz CT molecular complexity index is 592. The number of aryl methyl sites for hydroxylation is 1. The average Bonchev–Trinajstić information content (AvgIpc) is 2.42. The van der Waals surface area contributed by atoms with Crippen LogP contribution >= 0.6 is 0 Å². The lowest BCUT2D eigenvalue weighted by Crippen LogP contribution is -1.91. The van der Waals surface area contributed by atoms with Crippen LogP contribution < -0.4 is 0 Å². The second kappa shape index (κ2) is 7.49. The van der Waals surface area contributed by atoms with Crippen LogP contribution in [0.25, 0.3) is 5.57 Å². The molecule has 0 spiro atoms. The van der Waals surface area contributed by atoms with E-state index in [9.17, 15) is 0 Å². The van der Waals surface area contributed by atoms with Gasteiger partial charge in [0.2, 0.25) is 0 Å². The highest BCUT2D eigenvalue weighted by atomic mass is 14.1. The van der Waals surface area contributed by atoms with Crippen molar-refractivity contribution in [2.24, 2.45) is 0 Å². The van der Waals surface area contributed by atoms with Crippen molar-refractivity contribution in [3.63, 3.8) is 0 Å². The maximum atomic E-state index is 4.17. The van der Waals surface area contributed by atoms with E-state index >= 15 is 0 Å². The first-order chi connectivity index (χ1) is 9.47. The molecule has 0 saturated carbocycles. The summed E-state index contributed by atoms with van der Waals surface area (Å²) in [5.41, 5.74) is 6.87. The molecule has 0 aliphatic carbocycles. The first kappa shape index (κ1) is 16.0.